The zero-order chi connectivity index (χ0) is 39.5. The van der Waals surface area contributed by atoms with E-state index in [0.717, 1.165) is 61.0 Å². The molecule has 4 bridgehead atoms. The van der Waals surface area contributed by atoms with Gasteiger partial charge < -0.3 is 38.2 Å². The topological polar surface area (TPSA) is 130 Å². The maximum atomic E-state index is 13.6. The van der Waals surface area contributed by atoms with E-state index in [9.17, 15) is 19.2 Å². The molecule has 4 aliphatic carbocycles. The molecule has 298 valence electrons. The van der Waals surface area contributed by atoms with E-state index in [2.05, 4.69) is 23.9 Å². The van der Waals surface area contributed by atoms with Crippen LogP contribution >= 0.6 is 0 Å². The van der Waals surface area contributed by atoms with Gasteiger partial charge in [-0.05, 0) is 101 Å². The van der Waals surface area contributed by atoms with Crippen molar-refractivity contribution in [3.05, 3.63) is 70.2 Å². The lowest BCUT2D eigenvalue weighted by Crippen LogP contribution is -2.60. The Morgan fingerprint density at radius 2 is 1.05 bits per heavy atom. The summed E-state index contributed by atoms with van der Waals surface area (Å²) in [4.78, 5) is 58.5. The van der Waals surface area contributed by atoms with Gasteiger partial charge in [-0.25, -0.2) is 0 Å². The molecule has 2 saturated heterocycles. The lowest BCUT2D eigenvalue weighted by atomic mass is 9.53. The van der Waals surface area contributed by atoms with Crippen molar-refractivity contribution < 1.29 is 47.6 Å². The number of methoxy groups -OCH3 is 4. The minimum absolute atomic E-state index is 0.00933. The molecule has 0 saturated carbocycles. The number of piperidine rings is 2. The van der Waals surface area contributed by atoms with Gasteiger partial charge in [0.25, 0.3) is 0 Å². The van der Waals surface area contributed by atoms with Crippen LogP contribution in [-0.2, 0) is 52.3 Å². The van der Waals surface area contributed by atoms with Crippen LogP contribution in [0.25, 0.3) is 0 Å². The first-order valence-corrected chi connectivity index (χ1v) is 19.8. The first kappa shape index (κ1) is 38.2. The molecule has 0 aromatic heterocycles. The van der Waals surface area contributed by atoms with Gasteiger partial charge in [0.2, 0.25) is 0 Å². The third kappa shape index (κ3) is 6.02. The number of nitrogens with zero attached hydrogens (tertiary/aromatic N) is 2. The molecule has 2 aromatic rings. The number of hydrogen-bond acceptors (Lipinski definition) is 12. The van der Waals surface area contributed by atoms with E-state index in [1.807, 2.05) is 36.4 Å². The van der Waals surface area contributed by atoms with Crippen LogP contribution in [0.2, 0.25) is 0 Å². The Labute approximate surface area is 328 Å². The first-order chi connectivity index (χ1) is 27.0. The molecule has 6 aliphatic rings. The van der Waals surface area contributed by atoms with Gasteiger partial charge in [0.1, 0.15) is 0 Å². The average molecular weight is 769 g/mol. The summed E-state index contributed by atoms with van der Waals surface area (Å²) in [5.74, 6) is 1.48. The fraction of sp³-hybridized carbons (Fsp3) is 0.545. The molecule has 12 nitrogen and oxygen atoms in total. The second-order valence-corrected chi connectivity index (χ2v) is 16.5. The van der Waals surface area contributed by atoms with E-state index in [0.29, 0.717) is 47.4 Å². The van der Waals surface area contributed by atoms with Gasteiger partial charge in [-0.2, -0.15) is 0 Å². The number of carbonyl (C=O) groups is 4. The second-order valence-electron chi connectivity index (χ2n) is 16.5. The van der Waals surface area contributed by atoms with Crippen molar-refractivity contribution in [2.24, 2.45) is 11.8 Å². The van der Waals surface area contributed by atoms with Crippen molar-refractivity contribution in [2.75, 3.05) is 55.6 Å². The summed E-state index contributed by atoms with van der Waals surface area (Å²) < 4.78 is 34.9. The summed E-state index contributed by atoms with van der Waals surface area (Å²) in [6.45, 7) is 1.62. The lowest BCUT2D eigenvalue weighted by molar-refractivity contribution is -0.137. The summed E-state index contributed by atoms with van der Waals surface area (Å²) in [5, 5.41) is 0. The van der Waals surface area contributed by atoms with Crippen LogP contribution < -0.4 is 18.9 Å². The van der Waals surface area contributed by atoms with Gasteiger partial charge in [-0.1, -0.05) is 12.1 Å². The lowest BCUT2D eigenvalue weighted by Gasteiger charge is -2.56. The summed E-state index contributed by atoms with van der Waals surface area (Å²) in [5.41, 5.74) is 2.79. The second kappa shape index (κ2) is 14.7. The Hall–Kier alpha value is -4.68. The normalized spacial score (nSPS) is 29.0. The van der Waals surface area contributed by atoms with Gasteiger partial charge in [-0.3, -0.25) is 19.2 Å². The zero-order valence-electron chi connectivity index (χ0n) is 33.2. The molecule has 2 fully saturated rings. The molecule has 2 heterocycles. The number of ketones is 2. The van der Waals surface area contributed by atoms with Crippen LogP contribution in [0, 0.1) is 11.8 Å². The van der Waals surface area contributed by atoms with Crippen molar-refractivity contribution in [1.82, 2.24) is 9.80 Å². The maximum Gasteiger partial charge on any atom is 0.311 e. The molecule has 0 spiro atoms. The molecule has 0 radical (unpaired) electrons. The van der Waals surface area contributed by atoms with Crippen molar-refractivity contribution in [1.29, 1.82) is 0 Å². The van der Waals surface area contributed by atoms with Gasteiger partial charge >= 0.3 is 11.9 Å². The third-order valence-electron chi connectivity index (χ3n) is 13.8. The summed E-state index contributed by atoms with van der Waals surface area (Å²) in [6, 6.07) is 8.10. The first-order valence-electron chi connectivity index (χ1n) is 19.8. The number of benzene rings is 2. The number of allylic oxidation sites excluding steroid dienone is 2. The molecule has 6 atom stereocenters. The van der Waals surface area contributed by atoms with E-state index >= 15 is 0 Å². The molecule has 2 aromatic carbocycles. The predicted octanol–water partition coefficient (Wildman–Crippen LogP) is 5.01. The van der Waals surface area contributed by atoms with Crippen molar-refractivity contribution in [3.8, 4) is 23.0 Å². The molecular weight excluding hydrogens is 716 g/mol. The number of hydrogen-bond donors (Lipinski definition) is 0. The average Bonchev–Trinajstić information content (AvgIpc) is 3.18. The van der Waals surface area contributed by atoms with E-state index in [1.165, 1.54) is 14.2 Å². The molecule has 56 heavy (non-hydrogen) atoms. The fourth-order valence-corrected chi connectivity index (χ4v) is 11.1. The molecule has 2 aliphatic heterocycles. The molecular formula is C44H52N2O10. The monoisotopic (exact) mass is 768 g/mol. The standard InChI is InChI=1S/C44H52N2O10/c1-45-17-15-43-23-31(47)35(53-5)21-27(43)29(45)19-25-11-13-33(51-3)41(39(25)43)55-37(49)9-7-8-10-38(50)56-42-34(52-4)14-12-26-20-30-28-22-36(54-6)32(48)24-44(28,40(26)42)16-18-46(30)2/h11-14,21-22,27-30H,7-10,15-20,23-24H2,1-6H3/t27-,28-,29+,30+,43-,44-/m1/s1. The number of rotatable bonds is 11. The van der Waals surface area contributed by atoms with Gasteiger partial charge in [0.05, 0.1) is 28.4 Å². The maximum absolute atomic E-state index is 13.6. The molecule has 8 rings (SSSR count). The minimum atomic E-state index is -0.545. The Bertz CT molecular complexity index is 1900. The van der Waals surface area contributed by atoms with Crippen molar-refractivity contribution in [3.63, 3.8) is 0 Å². The largest absolute Gasteiger partial charge is 0.493 e. The van der Waals surface area contributed by atoms with Crippen molar-refractivity contribution >= 4 is 23.5 Å². The van der Waals surface area contributed by atoms with Crippen molar-refractivity contribution in [2.45, 2.75) is 87.1 Å². The molecule has 12 heteroatoms. The van der Waals surface area contributed by atoms with Gasteiger partial charge in [0.15, 0.2) is 46.1 Å². The zero-order valence-corrected chi connectivity index (χ0v) is 33.2. The van der Waals surface area contributed by atoms with Crippen LogP contribution in [0.1, 0.15) is 73.6 Å². The summed E-state index contributed by atoms with van der Waals surface area (Å²) in [7, 11) is 10.4. The number of ether oxygens (including phenoxy) is 6. The smallest absolute Gasteiger partial charge is 0.311 e. The minimum Gasteiger partial charge on any atom is -0.493 e. The Morgan fingerprint density at radius 3 is 1.43 bits per heavy atom. The van der Waals surface area contributed by atoms with Crippen LogP contribution in [0.4, 0.5) is 0 Å². The molecule has 0 N–H and O–H groups in total. The number of likely N-dealkylation sites (tertiary alicyclic amines) is 2. The Morgan fingerprint density at radius 1 is 0.643 bits per heavy atom. The molecule has 0 amide bonds. The number of likely N-dealkylation sites (N-methyl/N-ethyl adjacent to an activating group) is 2. The number of carbonyl (C=O) groups excluding carboxylic acids is 4. The summed E-state index contributed by atoms with van der Waals surface area (Å²) in [6.07, 6.45) is 8.38. The Kier molecular flexibility index (Phi) is 10.0. The SMILES string of the molecule is COC1=C[C@@H]2[C@@H]3Cc4ccc(OC)c(OC(=O)CCCCC(=O)Oc5c(OC)ccc6c5[C@@]57CCN(C)[C@@H](C6)[C@H]5C=C(OC)C(=O)C7)c4[C@]2(CCN3C)CC1=O. The number of unbranched alkanes of at least 4 members (excludes halogenated alkanes) is 1. The number of fused-ring (bicyclic) bond motifs is 2. The van der Waals surface area contributed by atoms with Gasteiger partial charge in [0, 0.05) is 71.6 Å². The number of Topliss-reactive ketones (excluding diaryl/α,β-unsaturated/α-hetero) is 2. The highest BCUT2D eigenvalue weighted by molar-refractivity contribution is 5.97. The fourth-order valence-electron chi connectivity index (χ4n) is 11.1. The summed E-state index contributed by atoms with van der Waals surface area (Å²) >= 11 is 0. The van der Waals surface area contributed by atoms with E-state index in [-0.39, 0.29) is 61.2 Å². The van der Waals surface area contributed by atoms with Crippen LogP contribution in [0.5, 0.6) is 23.0 Å². The highest BCUT2D eigenvalue weighted by Crippen LogP contribution is 2.59. The van der Waals surface area contributed by atoms with Crippen LogP contribution in [-0.4, -0.2) is 101 Å². The third-order valence-corrected chi connectivity index (χ3v) is 13.8. The van der Waals surface area contributed by atoms with Crippen LogP contribution in [0.3, 0.4) is 0 Å². The van der Waals surface area contributed by atoms with E-state index in [4.69, 9.17) is 28.4 Å². The van der Waals surface area contributed by atoms with Gasteiger partial charge in [-0.15, -0.1) is 0 Å². The molecule has 0 unspecified atom stereocenters. The Balaban J connectivity index is 0.978. The van der Waals surface area contributed by atoms with Crippen LogP contribution in [0.15, 0.2) is 47.9 Å². The predicted molar refractivity (Wildman–Crippen MR) is 205 cm³/mol. The van der Waals surface area contributed by atoms with E-state index in [1.54, 1.807) is 14.2 Å². The quantitative estimate of drug-likeness (QED) is 0.173. The highest BCUT2D eigenvalue weighted by Gasteiger charge is 2.58. The van der Waals surface area contributed by atoms with E-state index < -0.39 is 22.8 Å². The highest BCUT2D eigenvalue weighted by atomic mass is 16.6. The number of esters is 2.